The Balaban J connectivity index is 1.66. The number of rotatable bonds is 6. The summed E-state index contributed by atoms with van der Waals surface area (Å²) in [6.45, 7) is 3.95. The van der Waals surface area contributed by atoms with Gasteiger partial charge in [0.15, 0.2) is 0 Å². The van der Waals surface area contributed by atoms with Crippen LogP contribution in [0.15, 0.2) is 58.3 Å². The van der Waals surface area contributed by atoms with E-state index in [1.54, 1.807) is 45.9 Å². The first kappa shape index (κ1) is 20.1. The van der Waals surface area contributed by atoms with Gasteiger partial charge in [-0.15, -0.1) is 0 Å². The minimum Gasteiger partial charge on any atom is -0.303 e. The second-order valence-electron chi connectivity index (χ2n) is 6.00. The smallest absolute Gasteiger partial charge is 0.297 e. The highest BCUT2D eigenvalue weighted by molar-refractivity contribution is 8.76. The van der Waals surface area contributed by atoms with Crippen LogP contribution in [0.2, 0.25) is 0 Å². The van der Waals surface area contributed by atoms with Gasteiger partial charge in [-0.2, -0.15) is 8.42 Å². The highest BCUT2D eigenvalue weighted by Gasteiger charge is 2.33. The van der Waals surface area contributed by atoms with Crippen LogP contribution < -0.4 is 0 Å². The standard InChI is InChI=1S/C18H20O4S4/c1-13-3-7-15(8-4-13)25-21-17-11-23-24-12-18(17)22-26(19,20)16-9-5-14(2)6-10-16/h3-10,17-18H,11-12H2,1-2H3. The lowest BCUT2D eigenvalue weighted by molar-refractivity contribution is 0.104. The van der Waals surface area contributed by atoms with Crippen LogP contribution in [0, 0.1) is 13.8 Å². The van der Waals surface area contributed by atoms with E-state index < -0.39 is 16.2 Å². The average molecular weight is 429 g/mol. The van der Waals surface area contributed by atoms with Gasteiger partial charge in [0.2, 0.25) is 0 Å². The van der Waals surface area contributed by atoms with Crippen molar-refractivity contribution in [2.75, 3.05) is 11.5 Å². The lowest BCUT2D eigenvalue weighted by Gasteiger charge is -2.29. The van der Waals surface area contributed by atoms with Crippen molar-refractivity contribution in [3.8, 4) is 0 Å². The summed E-state index contributed by atoms with van der Waals surface area (Å²) < 4.78 is 36.6. The summed E-state index contributed by atoms with van der Waals surface area (Å²) in [4.78, 5) is 1.16. The van der Waals surface area contributed by atoms with Crippen molar-refractivity contribution in [2.24, 2.45) is 0 Å². The first-order valence-corrected chi connectivity index (χ1v) is 12.7. The molecule has 0 amide bonds. The predicted octanol–water partition coefficient (Wildman–Crippen LogP) is 4.86. The number of benzene rings is 2. The van der Waals surface area contributed by atoms with E-state index in [4.69, 9.17) is 8.37 Å². The molecule has 0 spiro atoms. The first-order chi connectivity index (χ1) is 12.4. The molecule has 1 aliphatic rings. The molecule has 1 saturated heterocycles. The Hall–Kier alpha value is -0.640. The van der Waals surface area contributed by atoms with Crippen LogP contribution in [-0.2, 0) is 18.5 Å². The average Bonchev–Trinajstić information content (AvgIpc) is 2.62. The van der Waals surface area contributed by atoms with Crippen molar-refractivity contribution < 1.29 is 16.8 Å². The van der Waals surface area contributed by atoms with Crippen LogP contribution in [0.1, 0.15) is 11.1 Å². The second-order valence-corrected chi connectivity index (χ2v) is 11.0. The zero-order valence-electron chi connectivity index (χ0n) is 14.5. The largest absolute Gasteiger partial charge is 0.303 e. The molecule has 0 bridgehead atoms. The van der Waals surface area contributed by atoms with Gasteiger partial charge in [-0.25, -0.2) is 0 Å². The van der Waals surface area contributed by atoms with E-state index in [-0.39, 0.29) is 11.0 Å². The van der Waals surface area contributed by atoms with Crippen molar-refractivity contribution in [2.45, 2.75) is 35.8 Å². The van der Waals surface area contributed by atoms with Crippen molar-refractivity contribution in [3.05, 3.63) is 59.7 Å². The number of hydrogen-bond acceptors (Lipinski definition) is 7. The van der Waals surface area contributed by atoms with Gasteiger partial charge in [0.05, 0.1) is 4.90 Å². The van der Waals surface area contributed by atoms with E-state index >= 15 is 0 Å². The minimum atomic E-state index is -3.81. The Bertz CT molecular complexity index is 819. The van der Waals surface area contributed by atoms with Gasteiger partial charge >= 0.3 is 0 Å². The Labute approximate surface area is 167 Å². The molecule has 2 unspecified atom stereocenters. The second kappa shape index (κ2) is 9.03. The molecule has 0 radical (unpaired) electrons. The topological polar surface area (TPSA) is 52.6 Å². The fourth-order valence-corrected chi connectivity index (χ4v) is 6.61. The molecule has 2 aromatic carbocycles. The van der Waals surface area contributed by atoms with E-state index in [0.717, 1.165) is 10.5 Å². The molecule has 2 atom stereocenters. The van der Waals surface area contributed by atoms with Crippen LogP contribution in [0.4, 0.5) is 0 Å². The molecule has 2 aromatic rings. The molecule has 0 aliphatic carbocycles. The summed E-state index contributed by atoms with van der Waals surface area (Å²) in [7, 11) is -0.532. The van der Waals surface area contributed by atoms with Crippen molar-refractivity contribution in [1.82, 2.24) is 0 Å². The Morgan fingerprint density at radius 3 is 2.04 bits per heavy atom. The molecular formula is C18H20O4S4. The number of hydrogen-bond donors (Lipinski definition) is 0. The van der Waals surface area contributed by atoms with Crippen molar-refractivity contribution in [1.29, 1.82) is 0 Å². The molecule has 140 valence electrons. The molecule has 1 fully saturated rings. The Morgan fingerprint density at radius 1 is 0.885 bits per heavy atom. The van der Waals surface area contributed by atoms with Gasteiger partial charge < -0.3 is 4.18 Å². The van der Waals surface area contributed by atoms with E-state index in [1.807, 2.05) is 38.1 Å². The number of aryl methyl sites for hydroxylation is 2. The third-order valence-corrected chi connectivity index (χ3v) is 8.38. The van der Waals surface area contributed by atoms with E-state index in [2.05, 4.69) is 0 Å². The lowest BCUT2D eigenvalue weighted by atomic mass is 10.2. The van der Waals surface area contributed by atoms with E-state index in [0.29, 0.717) is 11.5 Å². The normalized spacial score (nSPS) is 20.8. The molecule has 0 N–H and O–H groups in total. The third-order valence-electron chi connectivity index (χ3n) is 3.81. The van der Waals surface area contributed by atoms with Gasteiger partial charge in [-0.05, 0) is 38.1 Å². The molecule has 0 saturated carbocycles. The molecule has 1 heterocycles. The molecule has 3 rings (SSSR count). The third kappa shape index (κ3) is 5.43. The summed E-state index contributed by atoms with van der Waals surface area (Å²) in [5.74, 6) is 1.24. The summed E-state index contributed by atoms with van der Waals surface area (Å²) in [6, 6.07) is 14.7. The van der Waals surface area contributed by atoms with E-state index in [9.17, 15) is 8.42 Å². The van der Waals surface area contributed by atoms with Crippen molar-refractivity contribution >= 4 is 43.7 Å². The molecular weight excluding hydrogens is 408 g/mol. The maximum absolute atomic E-state index is 12.6. The highest BCUT2D eigenvalue weighted by Crippen LogP contribution is 2.36. The SMILES string of the molecule is Cc1ccc(SOC2CSSCC2OS(=O)(=O)c2ccc(C)cc2)cc1. The highest BCUT2D eigenvalue weighted by atomic mass is 33.1. The fraction of sp³-hybridized carbons (Fsp3) is 0.333. The van der Waals surface area contributed by atoms with Crippen LogP contribution in [-0.4, -0.2) is 32.1 Å². The molecule has 4 nitrogen and oxygen atoms in total. The van der Waals surface area contributed by atoms with Gasteiger partial charge in [-0.3, -0.25) is 4.18 Å². The zero-order chi connectivity index (χ0) is 18.6. The quantitative estimate of drug-likeness (QED) is 0.370. The summed E-state index contributed by atoms with van der Waals surface area (Å²) in [5.41, 5.74) is 2.19. The van der Waals surface area contributed by atoms with Crippen LogP contribution in [0.3, 0.4) is 0 Å². The fourth-order valence-electron chi connectivity index (χ4n) is 2.26. The summed E-state index contributed by atoms with van der Waals surface area (Å²) in [5, 5.41) is 0. The van der Waals surface area contributed by atoms with Crippen LogP contribution in [0.5, 0.6) is 0 Å². The molecule has 0 aromatic heterocycles. The molecule has 26 heavy (non-hydrogen) atoms. The van der Waals surface area contributed by atoms with Crippen LogP contribution >= 0.6 is 33.6 Å². The van der Waals surface area contributed by atoms with Crippen molar-refractivity contribution in [3.63, 3.8) is 0 Å². The maximum atomic E-state index is 12.6. The van der Waals surface area contributed by atoms with Gasteiger partial charge in [0, 0.05) is 28.4 Å². The molecule has 8 heteroatoms. The molecule has 1 aliphatic heterocycles. The van der Waals surface area contributed by atoms with Crippen LogP contribution in [0.25, 0.3) is 0 Å². The Kier molecular flexibility index (Phi) is 6.98. The summed E-state index contributed by atoms with van der Waals surface area (Å²) in [6.07, 6.45) is -0.807. The van der Waals surface area contributed by atoms with Gasteiger partial charge in [-0.1, -0.05) is 57.0 Å². The summed E-state index contributed by atoms with van der Waals surface area (Å²) >= 11 is 1.27. The maximum Gasteiger partial charge on any atom is 0.297 e. The minimum absolute atomic E-state index is 0.177. The van der Waals surface area contributed by atoms with Gasteiger partial charge in [0.1, 0.15) is 12.2 Å². The predicted molar refractivity (Wildman–Crippen MR) is 110 cm³/mol. The van der Waals surface area contributed by atoms with E-state index in [1.165, 1.54) is 17.6 Å². The Morgan fingerprint density at radius 2 is 1.42 bits per heavy atom. The lowest BCUT2D eigenvalue weighted by Crippen LogP contribution is -2.38. The van der Waals surface area contributed by atoms with Gasteiger partial charge in [0.25, 0.3) is 10.1 Å². The zero-order valence-corrected chi connectivity index (χ0v) is 17.7. The first-order valence-electron chi connectivity index (χ1n) is 8.08. The monoisotopic (exact) mass is 428 g/mol.